The molecule has 0 aliphatic carbocycles. The molecular weight excluding hydrogens is 390 g/mol. The molecule has 0 radical (unpaired) electrons. The van der Waals surface area contributed by atoms with Crippen molar-refractivity contribution in [3.8, 4) is 0 Å². The van der Waals surface area contributed by atoms with Crippen LogP contribution in [0.5, 0.6) is 0 Å². The molecule has 2 heterocycles. The summed E-state index contributed by atoms with van der Waals surface area (Å²) in [4.78, 5) is 33.6. The molecule has 1 atom stereocenters. The first kappa shape index (κ1) is 23.1. The van der Waals surface area contributed by atoms with Crippen LogP contribution in [0.2, 0.25) is 0 Å². The Morgan fingerprint density at radius 1 is 1.19 bits per heavy atom. The topological polar surface area (TPSA) is 91.0 Å². The maximum absolute atomic E-state index is 12.9. The van der Waals surface area contributed by atoms with Gasteiger partial charge in [0.15, 0.2) is 5.96 Å². The highest BCUT2D eigenvalue weighted by molar-refractivity contribution is 6.06. The number of anilines is 1. The van der Waals surface area contributed by atoms with Crippen molar-refractivity contribution in [3.63, 3.8) is 0 Å². The fourth-order valence-corrected chi connectivity index (χ4v) is 4.59. The molecule has 0 bridgehead atoms. The lowest BCUT2D eigenvalue weighted by Gasteiger charge is -2.34. The number of nitrogens with two attached hydrogens (primary N) is 1. The van der Waals surface area contributed by atoms with E-state index in [1.54, 1.807) is 4.90 Å². The van der Waals surface area contributed by atoms with E-state index >= 15 is 0 Å². The van der Waals surface area contributed by atoms with E-state index in [4.69, 9.17) is 5.73 Å². The Labute approximate surface area is 186 Å². The Morgan fingerprint density at radius 3 is 2.35 bits per heavy atom. The Bertz CT molecular complexity index is 825. The van der Waals surface area contributed by atoms with Crippen molar-refractivity contribution >= 4 is 23.6 Å². The van der Waals surface area contributed by atoms with Crippen molar-refractivity contribution in [2.75, 3.05) is 25.0 Å². The molecule has 1 fully saturated rings. The second kappa shape index (κ2) is 9.28. The van der Waals surface area contributed by atoms with Gasteiger partial charge in [0.25, 0.3) is 5.91 Å². The number of nitrogens with one attached hydrogen (secondary N) is 1. The van der Waals surface area contributed by atoms with Crippen LogP contribution in [0.1, 0.15) is 65.4 Å². The predicted octanol–water partition coefficient (Wildman–Crippen LogP) is 4.02. The van der Waals surface area contributed by atoms with Crippen LogP contribution < -0.4 is 11.1 Å². The molecule has 1 unspecified atom stereocenters. The molecule has 0 aromatic heterocycles. The van der Waals surface area contributed by atoms with Gasteiger partial charge in [0, 0.05) is 25.3 Å². The molecule has 0 saturated carbocycles. The number of carbonyl (C=O) groups excluding carboxylic acids is 2. The number of amides is 3. The predicted molar refractivity (Wildman–Crippen MR) is 125 cm³/mol. The summed E-state index contributed by atoms with van der Waals surface area (Å²) >= 11 is 0. The van der Waals surface area contributed by atoms with Crippen molar-refractivity contribution in [3.05, 3.63) is 29.8 Å². The van der Waals surface area contributed by atoms with Crippen LogP contribution >= 0.6 is 0 Å². The highest BCUT2D eigenvalue weighted by Gasteiger charge is 2.44. The number of piperidine rings is 1. The van der Waals surface area contributed by atoms with E-state index in [-0.39, 0.29) is 11.9 Å². The van der Waals surface area contributed by atoms with Crippen LogP contribution in [-0.4, -0.2) is 52.9 Å². The van der Waals surface area contributed by atoms with Gasteiger partial charge < -0.3 is 16.0 Å². The summed E-state index contributed by atoms with van der Waals surface area (Å²) in [6.07, 6.45) is 2.38. The molecule has 3 N–H and O–H groups in total. The average Bonchev–Trinajstić information content (AvgIpc) is 2.91. The SMILES string of the molecule is CC(C)CC1(C)N=C(N)N(CC2CCN(C(=O)Nc3ccc(C(C)C)cc3)CC2)C1=O. The third kappa shape index (κ3) is 5.38. The molecule has 7 nitrogen and oxygen atoms in total. The zero-order valence-corrected chi connectivity index (χ0v) is 19.5. The molecule has 3 amide bonds. The summed E-state index contributed by atoms with van der Waals surface area (Å²) in [5.74, 6) is 1.48. The van der Waals surface area contributed by atoms with Crippen molar-refractivity contribution in [1.82, 2.24) is 9.80 Å². The fourth-order valence-electron chi connectivity index (χ4n) is 4.59. The monoisotopic (exact) mass is 427 g/mol. The van der Waals surface area contributed by atoms with Crippen LogP contribution in [-0.2, 0) is 4.79 Å². The summed E-state index contributed by atoms with van der Waals surface area (Å²) in [6, 6.07) is 7.94. The van der Waals surface area contributed by atoms with Crippen LogP contribution in [0.25, 0.3) is 0 Å². The second-order valence-electron chi connectivity index (χ2n) is 9.89. The van der Waals surface area contributed by atoms with Gasteiger partial charge in [0.05, 0.1) is 0 Å². The van der Waals surface area contributed by atoms with Crippen LogP contribution in [0.4, 0.5) is 10.5 Å². The third-order valence-corrected chi connectivity index (χ3v) is 6.32. The van der Waals surface area contributed by atoms with E-state index in [2.05, 4.69) is 50.1 Å². The number of hydrogen-bond acceptors (Lipinski definition) is 4. The molecule has 3 rings (SSSR count). The van der Waals surface area contributed by atoms with Gasteiger partial charge in [-0.15, -0.1) is 0 Å². The first-order valence-corrected chi connectivity index (χ1v) is 11.4. The number of urea groups is 1. The van der Waals surface area contributed by atoms with Crippen LogP contribution in [0.3, 0.4) is 0 Å². The Hall–Kier alpha value is -2.57. The molecular formula is C24H37N5O2. The number of nitrogens with zero attached hydrogens (tertiary/aromatic N) is 3. The van der Waals surface area contributed by atoms with Crippen LogP contribution in [0, 0.1) is 11.8 Å². The highest BCUT2D eigenvalue weighted by Crippen LogP contribution is 2.30. The van der Waals surface area contributed by atoms with Gasteiger partial charge in [-0.25, -0.2) is 9.79 Å². The number of hydrogen-bond donors (Lipinski definition) is 2. The second-order valence-corrected chi connectivity index (χ2v) is 9.89. The van der Waals surface area contributed by atoms with E-state index in [1.807, 2.05) is 24.0 Å². The Balaban J connectivity index is 1.50. The first-order valence-electron chi connectivity index (χ1n) is 11.4. The minimum atomic E-state index is -0.746. The molecule has 0 spiro atoms. The van der Waals surface area contributed by atoms with Gasteiger partial charge in [-0.3, -0.25) is 9.69 Å². The van der Waals surface area contributed by atoms with E-state index in [1.165, 1.54) is 5.56 Å². The number of benzene rings is 1. The molecule has 1 aromatic carbocycles. The number of rotatable bonds is 6. The lowest BCUT2D eigenvalue weighted by atomic mass is 9.90. The highest BCUT2D eigenvalue weighted by atomic mass is 16.2. The molecule has 1 aromatic rings. The van der Waals surface area contributed by atoms with Crippen molar-refractivity contribution in [2.24, 2.45) is 22.6 Å². The summed E-state index contributed by atoms with van der Waals surface area (Å²) in [5, 5.41) is 2.99. The molecule has 1 saturated heterocycles. The molecule has 2 aliphatic heterocycles. The maximum Gasteiger partial charge on any atom is 0.321 e. The Kier molecular flexibility index (Phi) is 6.92. The standard InChI is InChI=1S/C24H37N5O2/c1-16(2)14-24(5)21(30)29(22(25)27-24)15-18-10-12-28(13-11-18)23(31)26-20-8-6-19(7-9-20)17(3)4/h6-9,16-18H,10-15H2,1-5H3,(H2,25,27)(H,26,31). The van der Waals surface area contributed by atoms with Gasteiger partial charge >= 0.3 is 6.03 Å². The number of likely N-dealkylation sites (tertiary alicyclic amines) is 1. The van der Waals surface area contributed by atoms with Gasteiger partial charge in [0.2, 0.25) is 0 Å². The van der Waals surface area contributed by atoms with E-state index < -0.39 is 5.54 Å². The van der Waals surface area contributed by atoms with E-state index in [9.17, 15) is 9.59 Å². The van der Waals surface area contributed by atoms with Gasteiger partial charge in [-0.2, -0.15) is 0 Å². The zero-order chi connectivity index (χ0) is 22.8. The molecule has 31 heavy (non-hydrogen) atoms. The van der Waals surface area contributed by atoms with E-state index in [0.717, 1.165) is 18.5 Å². The minimum Gasteiger partial charge on any atom is -0.369 e. The quantitative estimate of drug-likeness (QED) is 0.718. The van der Waals surface area contributed by atoms with Gasteiger partial charge in [0.1, 0.15) is 5.54 Å². The molecule has 2 aliphatic rings. The third-order valence-electron chi connectivity index (χ3n) is 6.32. The smallest absolute Gasteiger partial charge is 0.321 e. The lowest BCUT2D eigenvalue weighted by molar-refractivity contribution is -0.131. The number of aliphatic imine (C=N–C) groups is 1. The minimum absolute atomic E-state index is 0.00344. The summed E-state index contributed by atoms with van der Waals surface area (Å²) in [7, 11) is 0. The number of guanidine groups is 1. The summed E-state index contributed by atoms with van der Waals surface area (Å²) in [6.45, 7) is 12.3. The average molecular weight is 428 g/mol. The van der Waals surface area contributed by atoms with Gasteiger partial charge in [-0.1, -0.05) is 39.8 Å². The van der Waals surface area contributed by atoms with Crippen molar-refractivity contribution in [1.29, 1.82) is 0 Å². The normalized spacial score (nSPS) is 22.4. The maximum atomic E-state index is 12.9. The molecule has 170 valence electrons. The fraction of sp³-hybridized carbons (Fsp3) is 0.625. The first-order chi connectivity index (χ1) is 14.6. The van der Waals surface area contributed by atoms with E-state index in [0.29, 0.717) is 49.8 Å². The molecule has 7 heteroatoms. The largest absolute Gasteiger partial charge is 0.369 e. The van der Waals surface area contributed by atoms with Crippen molar-refractivity contribution < 1.29 is 9.59 Å². The zero-order valence-electron chi connectivity index (χ0n) is 19.5. The number of carbonyl (C=O) groups is 2. The Morgan fingerprint density at radius 2 is 1.81 bits per heavy atom. The summed E-state index contributed by atoms with van der Waals surface area (Å²) < 4.78 is 0. The van der Waals surface area contributed by atoms with Gasteiger partial charge in [-0.05, 0) is 61.6 Å². The lowest BCUT2D eigenvalue weighted by Crippen LogP contribution is -2.48. The van der Waals surface area contributed by atoms with Crippen molar-refractivity contribution in [2.45, 2.75) is 65.3 Å². The van der Waals surface area contributed by atoms with Crippen LogP contribution in [0.15, 0.2) is 29.3 Å². The summed E-state index contributed by atoms with van der Waals surface area (Å²) in [5.41, 5.74) is 7.43.